The van der Waals surface area contributed by atoms with Gasteiger partial charge in [0.15, 0.2) is 0 Å². The van der Waals surface area contributed by atoms with Crippen LogP contribution in [0.15, 0.2) is 35.1 Å². The number of hydrogen-bond donors (Lipinski definition) is 2. The maximum Gasteiger partial charge on any atom is 0.408 e. The van der Waals surface area contributed by atoms with Crippen LogP contribution in [0.2, 0.25) is 0 Å². The maximum absolute atomic E-state index is 14.9. The van der Waals surface area contributed by atoms with E-state index in [9.17, 15) is 36.3 Å². The van der Waals surface area contributed by atoms with Crippen molar-refractivity contribution in [3.05, 3.63) is 85.8 Å². The first kappa shape index (κ1) is 32.6. The average Bonchev–Trinajstić information content (AvgIpc) is 3.44. The van der Waals surface area contributed by atoms with Crippen LogP contribution in [-0.2, 0) is 41.0 Å². The smallest absolute Gasteiger partial charge is 0.408 e. The molecule has 0 fully saturated rings. The number of halogens is 5. The lowest BCUT2D eigenvalue weighted by atomic mass is 9.90. The third-order valence-electron chi connectivity index (χ3n) is 7.79. The van der Waals surface area contributed by atoms with E-state index in [1.54, 1.807) is 23.7 Å². The van der Waals surface area contributed by atoms with Gasteiger partial charge in [-0.2, -0.15) is 13.2 Å². The van der Waals surface area contributed by atoms with Gasteiger partial charge in [-0.1, -0.05) is 19.1 Å². The summed E-state index contributed by atoms with van der Waals surface area (Å²) in [4.78, 5) is 38.8. The molecule has 1 aliphatic heterocycles. The van der Waals surface area contributed by atoms with E-state index in [0.29, 0.717) is 34.4 Å². The summed E-state index contributed by atoms with van der Waals surface area (Å²) in [6.45, 7) is 5.29. The normalized spacial score (nSPS) is 14.1. The van der Waals surface area contributed by atoms with Gasteiger partial charge in [-0.25, -0.2) is 13.6 Å². The molecule has 0 saturated heterocycles. The van der Waals surface area contributed by atoms with Crippen molar-refractivity contribution in [1.29, 1.82) is 0 Å². The number of carbonyl (C=O) groups is 2. The minimum atomic E-state index is -4.66. The molecule has 4 rings (SSSR count). The number of aromatic nitrogens is 1. The monoisotopic (exact) mass is 621 g/mol. The molecule has 0 radical (unpaired) electrons. The third kappa shape index (κ3) is 6.47. The summed E-state index contributed by atoms with van der Waals surface area (Å²) in [6.07, 6.45) is -5.20. The molecular weight excluding hydrogens is 589 g/mol. The number of aryl methyl sites for hydroxylation is 2. The highest BCUT2D eigenvalue weighted by Gasteiger charge is 2.38. The lowest BCUT2D eigenvalue weighted by Gasteiger charge is -2.22. The minimum Gasteiger partial charge on any atom is -0.467 e. The van der Waals surface area contributed by atoms with E-state index < -0.39 is 59.4 Å². The Morgan fingerprint density at radius 3 is 2.30 bits per heavy atom. The highest BCUT2D eigenvalue weighted by molar-refractivity contribution is 5.97. The fourth-order valence-corrected chi connectivity index (χ4v) is 5.35. The molecule has 2 aromatic carbocycles. The van der Waals surface area contributed by atoms with Crippen LogP contribution in [0.5, 0.6) is 0 Å². The Hall–Kier alpha value is -4.26. The maximum atomic E-state index is 14.9. The predicted octanol–water partition coefficient (Wildman–Crippen LogP) is 5.24. The summed E-state index contributed by atoms with van der Waals surface area (Å²) in [7, 11) is 2.76. The SMILES string of the molecule is CC[C@@H](Nc1cc(F)c(C(=O)N[C@@H](Cc2ccc(-c3c(C)cc(C)n(C)c3=O)c3c2COC3)C(=O)OC)c(F)c1)C(F)(F)F. The van der Waals surface area contributed by atoms with Gasteiger partial charge in [0.2, 0.25) is 0 Å². The number of ether oxygens (including phenoxy) is 2. The summed E-state index contributed by atoms with van der Waals surface area (Å²) < 4.78 is 81.2. The number of rotatable bonds is 9. The summed E-state index contributed by atoms with van der Waals surface area (Å²) in [5.74, 6) is -5.03. The van der Waals surface area contributed by atoms with Gasteiger partial charge in [0.25, 0.3) is 11.5 Å². The number of methoxy groups -OCH3 is 1. The molecule has 0 unspecified atom stereocenters. The number of benzene rings is 2. The molecule has 0 bridgehead atoms. The van der Waals surface area contributed by atoms with E-state index in [1.807, 2.05) is 25.2 Å². The van der Waals surface area contributed by atoms with Gasteiger partial charge < -0.3 is 24.7 Å². The Bertz CT molecular complexity index is 1640. The standard InChI is InChI=1S/C31H32F5N3O5/c1-6-25(31(34,35)36)37-18-11-22(32)27(23(33)12-18)28(40)38-24(30(42)43-5)10-17-7-8-19(21-14-44-13-20(17)21)26-15(2)9-16(3)39(4)29(26)41/h7-9,11-12,24-25,37H,6,10,13-14H2,1-5H3,(H,38,40)/t24-,25+/m0/s1. The first-order chi connectivity index (χ1) is 20.7. The lowest BCUT2D eigenvalue weighted by molar-refractivity contribution is -0.143. The highest BCUT2D eigenvalue weighted by Crippen LogP contribution is 2.34. The second-order valence-corrected chi connectivity index (χ2v) is 10.6. The summed E-state index contributed by atoms with van der Waals surface area (Å²) >= 11 is 0. The van der Waals surface area contributed by atoms with E-state index in [-0.39, 0.29) is 25.2 Å². The molecule has 1 amide bonds. The first-order valence-corrected chi connectivity index (χ1v) is 13.8. The molecule has 3 aromatic rings. The van der Waals surface area contributed by atoms with Crippen LogP contribution < -0.4 is 16.2 Å². The Balaban J connectivity index is 1.63. The molecular formula is C31H32F5N3O5. The molecule has 0 spiro atoms. The Morgan fingerprint density at radius 1 is 1.07 bits per heavy atom. The highest BCUT2D eigenvalue weighted by atomic mass is 19.4. The summed E-state index contributed by atoms with van der Waals surface area (Å²) in [6, 6.07) is 3.04. The number of carbonyl (C=O) groups excluding carboxylic acids is 2. The van der Waals surface area contributed by atoms with Crippen LogP contribution in [-0.4, -0.2) is 41.8 Å². The molecule has 236 valence electrons. The van der Waals surface area contributed by atoms with Gasteiger partial charge in [-0.3, -0.25) is 9.59 Å². The van der Waals surface area contributed by atoms with Gasteiger partial charge in [-0.05, 0) is 66.3 Å². The minimum absolute atomic E-state index is 0.137. The van der Waals surface area contributed by atoms with Crippen molar-refractivity contribution in [1.82, 2.24) is 9.88 Å². The molecule has 1 aromatic heterocycles. The number of nitrogens with zero attached hydrogens (tertiary/aromatic N) is 1. The zero-order valence-corrected chi connectivity index (χ0v) is 24.7. The van der Waals surface area contributed by atoms with Crippen LogP contribution in [0, 0.1) is 25.5 Å². The van der Waals surface area contributed by atoms with Gasteiger partial charge >= 0.3 is 12.1 Å². The van der Waals surface area contributed by atoms with Crippen LogP contribution in [0.4, 0.5) is 27.6 Å². The van der Waals surface area contributed by atoms with Crippen LogP contribution in [0.3, 0.4) is 0 Å². The molecule has 13 heteroatoms. The van der Waals surface area contributed by atoms with Crippen molar-refractivity contribution in [3.8, 4) is 11.1 Å². The molecule has 2 heterocycles. The number of esters is 1. The Kier molecular flexibility index (Phi) is 9.47. The largest absolute Gasteiger partial charge is 0.467 e. The first-order valence-electron chi connectivity index (χ1n) is 13.8. The number of pyridine rings is 1. The fraction of sp³-hybridized carbons (Fsp3) is 0.387. The average molecular weight is 622 g/mol. The fourth-order valence-electron chi connectivity index (χ4n) is 5.35. The van der Waals surface area contributed by atoms with Gasteiger partial charge in [0, 0.05) is 24.8 Å². The van der Waals surface area contributed by atoms with E-state index in [2.05, 4.69) is 5.32 Å². The molecule has 44 heavy (non-hydrogen) atoms. The van der Waals surface area contributed by atoms with Gasteiger partial charge in [-0.15, -0.1) is 0 Å². The van der Waals surface area contributed by atoms with Crippen LogP contribution in [0.25, 0.3) is 11.1 Å². The van der Waals surface area contributed by atoms with E-state index >= 15 is 0 Å². The van der Waals surface area contributed by atoms with E-state index in [0.717, 1.165) is 23.9 Å². The van der Waals surface area contributed by atoms with Crippen LogP contribution in [0.1, 0.15) is 51.7 Å². The summed E-state index contributed by atoms with van der Waals surface area (Å²) in [5.41, 5.74) is 3.03. The molecule has 0 saturated carbocycles. The van der Waals surface area contributed by atoms with Crippen LogP contribution >= 0.6 is 0 Å². The topological polar surface area (TPSA) is 98.7 Å². The number of anilines is 1. The molecule has 2 atom stereocenters. The summed E-state index contributed by atoms with van der Waals surface area (Å²) in [5, 5.41) is 4.32. The number of nitrogens with one attached hydrogen (secondary N) is 2. The quantitative estimate of drug-likeness (QED) is 0.251. The number of fused-ring (bicyclic) bond motifs is 1. The second kappa shape index (κ2) is 12.8. The zero-order chi connectivity index (χ0) is 32.5. The molecule has 2 N–H and O–H groups in total. The van der Waals surface area contributed by atoms with Crippen molar-refractivity contribution in [2.45, 2.75) is 65.1 Å². The number of alkyl halides is 3. The predicted molar refractivity (Wildman–Crippen MR) is 152 cm³/mol. The van der Waals surface area contributed by atoms with E-state index in [4.69, 9.17) is 9.47 Å². The Labute approximate surface area is 250 Å². The number of hydrogen-bond acceptors (Lipinski definition) is 6. The van der Waals surface area contributed by atoms with Gasteiger partial charge in [0.1, 0.15) is 29.3 Å². The van der Waals surface area contributed by atoms with Gasteiger partial charge in [0.05, 0.1) is 25.9 Å². The second-order valence-electron chi connectivity index (χ2n) is 10.6. The molecule has 8 nitrogen and oxygen atoms in total. The Morgan fingerprint density at radius 2 is 1.70 bits per heavy atom. The van der Waals surface area contributed by atoms with Crippen molar-refractivity contribution in [2.75, 3.05) is 12.4 Å². The molecule has 0 aliphatic carbocycles. The van der Waals surface area contributed by atoms with Crippen molar-refractivity contribution in [2.24, 2.45) is 7.05 Å². The lowest BCUT2D eigenvalue weighted by Crippen LogP contribution is -2.43. The van der Waals surface area contributed by atoms with Crippen molar-refractivity contribution >= 4 is 17.6 Å². The zero-order valence-electron chi connectivity index (χ0n) is 24.7. The van der Waals surface area contributed by atoms with Crippen molar-refractivity contribution < 1.29 is 41.0 Å². The van der Waals surface area contributed by atoms with Crippen molar-refractivity contribution in [3.63, 3.8) is 0 Å². The number of amides is 1. The third-order valence-corrected chi connectivity index (χ3v) is 7.79. The van der Waals surface area contributed by atoms with E-state index in [1.165, 1.54) is 6.92 Å². The molecule has 1 aliphatic rings.